The molecule has 0 bridgehead atoms. The molecular weight excluding hydrogens is 470 g/mol. The second-order valence-electron chi connectivity index (χ2n) is 8.49. The maximum absolute atomic E-state index is 13.2. The molecule has 0 saturated carbocycles. The van der Waals surface area contributed by atoms with Gasteiger partial charge in [-0.2, -0.15) is 0 Å². The Labute approximate surface area is 197 Å². The Morgan fingerprint density at radius 2 is 1.11 bits per heavy atom. The normalized spacial score (nSPS) is 19.5. The van der Waals surface area contributed by atoms with Crippen LogP contribution in [-0.4, -0.2) is 51.9 Å². The number of benzene rings is 1. The maximum Gasteiger partial charge on any atom is 0.331 e. The second-order valence-corrected chi connectivity index (χ2v) is 8.49. The molecule has 2 fully saturated rings. The first-order chi connectivity index (χ1) is 16.1. The van der Waals surface area contributed by atoms with Gasteiger partial charge in [0.05, 0.1) is 10.5 Å². The third kappa shape index (κ3) is 5.23. The molecule has 2 aliphatic heterocycles. The Morgan fingerprint density at radius 3 is 1.43 bits per heavy atom. The summed E-state index contributed by atoms with van der Waals surface area (Å²) in [6, 6.07) is 4.46. The van der Waals surface area contributed by atoms with Crippen LogP contribution in [0.1, 0.15) is 33.3 Å². The highest BCUT2D eigenvalue weighted by Crippen LogP contribution is 2.30. The molecule has 2 heterocycles. The average molecular weight is 489 g/mol. The van der Waals surface area contributed by atoms with Gasteiger partial charge in [-0.05, 0) is 23.8 Å². The number of carbonyl (C=O) groups excluding carboxylic acids is 6. The van der Waals surface area contributed by atoms with Gasteiger partial charge in [-0.3, -0.25) is 38.9 Å². The fourth-order valence-corrected chi connectivity index (χ4v) is 3.30. The maximum atomic E-state index is 13.2. The Bertz CT molecular complexity index is 1090. The van der Waals surface area contributed by atoms with Crippen LogP contribution >= 0.6 is 0 Å². The topological polar surface area (TPSA) is 182 Å². The van der Waals surface area contributed by atoms with E-state index in [9.17, 15) is 38.9 Å². The van der Waals surface area contributed by atoms with Crippen molar-refractivity contribution in [3.63, 3.8) is 0 Å². The predicted molar refractivity (Wildman–Crippen MR) is 111 cm³/mol. The van der Waals surface area contributed by atoms with Crippen molar-refractivity contribution < 1.29 is 52.6 Å². The molecule has 35 heavy (non-hydrogen) atoms. The molecule has 13 heteroatoms. The molecule has 0 atom stereocenters. The van der Waals surface area contributed by atoms with Gasteiger partial charge in [0.1, 0.15) is 0 Å². The molecule has 13 nitrogen and oxygen atoms in total. The van der Waals surface area contributed by atoms with E-state index in [1.807, 2.05) is 0 Å². The van der Waals surface area contributed by atoms with Crippen molar-refractivity contribution in [1.82, 2.24) is 0 Å². The van der Waals surface area contributed by atoms with E-state index in [1.165, 1.54) is 39.8 Å². The first kappa shape index (κ1) is 25.2. The summed E-state index contributed by atoms with van der Waals surface area (Å²) in [4.78, 5) is 86.3. The van der Waals surface area contributed by atoms with Gasteiger partial charge in [-0.25, -0.2) is 0 Å². The van der Waals surface area contributed by atoms with E-state index in [4.69, 9.17) is 18.9 Å². The largest absolute Gasteiger partial charge is 0.422 e. The van der Waals surface area contributed by atoms with Crippen molar-refractivity contribution >= 4 is 47.2 Å². The Balaban J connectivity index is 2.06. The summed E-state index contributed by atoms with van der Waals surface area (Å²) in [5, 5.41) is 10.9. The molecule has 0 spiro atoms. The number of cyclic esters (lactones) is 4. The molecular formula is C22H19NO12. The fraction of sp³-hybridized carbons (Fsp3) is 0.364. The van der Waals surface area contributed by atoms with E-state index in [2.05, 4.69) is 0 Å². The lowest BCUT2D eigenvalue weighted by atomic mass is 9.87. The van der Waals surface area contributed by atoms with E-state index in [0.717, 1.165) is 18.2 Å². The van der Waals surface area contributed by atoms with Crippen molar-refractivity contribution in [2.45, 2.75) is 39.3 Å². The van der Waals surface area contributed by atoms with Crippen molar-refractivity contribution in [3.8, 4) is 0 Å². The standard InChI is InChI=1S/C22H19NO12/c1-21(2)32-17(26)13(18(27)33-21)15(24)12(9-10-5-7-11(8-6-10)23(30)31)16(25)14-19(28)34-22(3,4)35-20(14)29/h5-9,13-14H,1-4H3. The number of ketones is 2. The van der Waals surface area contributed by atoms with E-state index < -0.39 is 69.4 Å². The van der Waals surface area contributed by atoms with Crippen molar-refractivity contribution in [1.29, 1.82) is 0 Å². The molecule has 1 aromatic rings. The van der Waals surface area contributed by atoms with E-state index in [1.54, 1.807) is 0 Å². The molecule has 0 unspecified atom stereocenters. The summed E-state index contributed by atoms with van der Waals surface area (Å²) in [5.74, 6) is -15.8. The molecule has 2 aliphatic rings. The first-order valence-electron chi connectivity index (χ1n) is 10.1. The molecule has 0 N–H and O–H groups in total. The predicted octanol–water partition coefficient (Wildman–Crippen LogP) is 1.02. The zero-order valence-electron chi connectivity index (χ0n) is 18.9. The number of rotatable bonds is 6. The Hall–Kier alpha value is -4.42. The number of nitro groups is 1. The van der Waals surface area contributed by atoms with Gasteiger partial charge in [0.25, 0.3) is 17.3 Å². The van der Waals surface area contributed by atoms with Gasteiger partial charge in [-0.1, -0.05) is 0 Å². The number of allylic oxidation sites excluding steroid dienone is 1. The smallest absolute Gasteiger partial charge is 0.331 e. The van der Waals surface area contributed by atoms with Gasteiger partial charge in [0, 0.05) is 39.8 Å². The zero-order chi connectivity index (χ0) is 26.3. The summed E-state index contributed by atoms with van der Waals surface area (Å²) in [7, 11) is 0. The first-order valence-corrected chi connectivity index (χ1v) is 10.1. The van der Waals surface area contributed by atoms with Crippen molar-refractivity contribution in [2.24, 2.45) is 11.8 Å². The highest BCUT2D eigenvalue weighted by Gasteiger charge is 2.53. The van der Waals surface area contributed by atoms with Crippen LogP contribution in [0.2, 0.25) is 0 Å². The quantitative estimate of drug-likeness (QED) is 0.138. The lowest BCUT2D eigenvalue weighted by Gasteiger charge is -2.33. The minimum Gasteiger partial charge on any atom is -0.422 e. The summed E-state index contributed by atoms with van der Waals surface area (Å²) >= 11 is 0. The van der Waals surface area contributed by atoms with Gasteiger partial charge in [0.15, 0.2) is 11.6 Å². The molecule has 0 radical (unpaired) electrons. The monoisotopic (exact) mass is 489 g/mol. The highest BCUT2D eigenvalue weighted by molar-refractivity contribution is 6.37. The number of hydrogen-bond donors (Lipinski definition) is 0. The molecule has 1 aromatic carbocycles. The second kappa shape index (κ2) is 8.74. The van der Waals surface area contributed by atoms with Gasteiger partial charge in [-0.15, -0.1) is 0 Å². The Kier molecular flexibility index (Phi) is 6.29. The molecule has 3 rings (SSSR count). The number of hydrogen-bond acceptors (Lipinski definition) is 12. The van der Waals surface area contributed by atoms with Crippen molar-refractivity contribution in [2.75, 3.05) is 0 Å². The van der Waals surface area contributed by atoms with Crippen LogP contribution in [0.5, 0.6) is 0 Å². The van der Waals surface area contributed by atoms with Crippen LogP contribution in [-0.2, 0) is 47.7 Å². The molecule has 0 aromatic heterocycles. The lowest BCUT2D eigenvalue weighted by Crippen LogP contribution is -2.52. The summed E-state index contributed by atoms with van der Waals surface area (Å²) < 4.78 is 19.7. The third-order valence-electron chi connectivity index (χ3n) is 4.80. The van der Waals surface area contributed by atoms with Crippen LogP contribution in [0, 0.1) is 22.0 Å². The van der Waals surface area contributed by atoms with Gasteiger partial charge < -0.3 is 18.9 Å². The fourth-order valence-electron chi connectivity index (χ4n) is 3.30. The molecule has 2 saturated heterocycles. The summed E-state index contributed by atoms with van der Waals surface area (Å²) in [6.07, 6.45) is 0.870. The van der Waals surface area contributed by atoms with E-state index >= 15 is 0 Å². The van der Waals surface area contributed by atoms with Crippen LogP contribution in [0.3, 0.4) is 0 Å². The Morgan fingerprint density at radius 1 is 0.771 bits per heavy atom. The highest BCUT2D eigenvalue weighted by atomic mass is 16.8. The number of nitrogens with zero attached hydrogens (tertiary/aromatic N) is 1. The van der Waals surface area contributed by atoms with Gasteiger partial charge >= 0.3 is 23.9 Å². The number of Topliss-reactive ketones (excluding diaryl/α,β-unsaturated/α-hetero) is 2. The SMILES string of the molecule is CC1(C)OC(=O)C(C(=O)C(=Cc2ccc([N+](=O)[O-])cc2)C(=O)C2C(=O)OC(C)(C)OC2=O)C(=O)O1. The third-order valence-corrected chi connectivity index (χ3v) is 4.80. The zero-order valence-corrected chi connectivity index (χ0v) is 18.9. The van der Waals surface area contributed by atoms with Gasteiger partial charge in [0.2, 0.25) is 11.8 Å². The number of non-ortho nitro benzene ring substituents is 1. The minimum absolute atomic E-state index is 0.0445. The van der Waals surface area contributed by atoms with Crippen molar-refractivity contribution in [3.05, 3.63) is 45.5 Å². The molecule has 0 amide bonds. The van der Waals surface area contributed by atoms with Crippen LogP contribution in [0.4, 0.5) is 5.69 Å². The number of ether oxygens (including phenoxy) is 4. The summed E-state index contributed by atoms with van der Waals surface area (Å²) in [6.45, 7) is 4.99. The minimum atomic E-state index is -2.22. The lowest BCUT2D eigenvalue weighted by molar-refractivity contribution is -0.384. The summed E-state index contributed by atoms with van der Waals surface area (Å²) in [5.41, 5.74) is -1.18. The van der Waals surface area contributed by atoms with E-state index in [-0.39, 0.29) is 11.3 Å². The van der Waals surface area contributed by atoms with Crippen LogP contribution < -0.4 is 0 Å². The number of carbonyl (C=O) groups is 6. The number of esters is 4. The average Bonchev–Trinajstić information content (AvgIpc) is 2.69. The van der Waals surface area contributed by atoms with Crippen LogP contribution in [0.25, 0.3) is 6.08 Å². The van der Waals surface area contributed by atoms with E-state index in [0.29, 0.717) is 0 Å². The molecule has 184 valence electrons. The van der Waals surface area contributed by atoms with Crippen LogP contribution in [0.15, 0.2) is 29.8 Å². The molecule has 0 aliphatic carbocycles. The number of nitro benzene ring substituents is 1.